The molecule has 1 amide bonds. The third-order valence-electron chi connectivity index (χ3n) is 2.05. The molecule has 1 rings (SSSR count). The molecule has 21 heavy (non-hydrogen) atoms. The molecule has 0 radical (unpaired) electrons. The van der Waals surface area contributed by atoms with Gasteiger partial charge in [-0.05, 0) is 27.7 Å². The summed E-state index contributed by atoms with van der Waals surface area (Å²) in [6.07, 6.45) is 1.87. The van der Waals surface area contributed by atoms with Gasteiger partial charge < -0.3 is 14.2 Å². The number of nitrogens with one attached hydrogen (secondary N) is 1. The molecule has 0 fully saturated rings. The predicted octanol–water partition coefficient (Wildman–Crippen LogP) is 1.23. The third-order valence-corrected chi connectivity index (χ3v) is 3.20. The first-order chi connectivity index (χ1) is 9.61. The molecular weight excluding hydrogens is 298 g/mol. The number of alkyl carbamates (subject to hydrolysis) is 1. The first-order valence-electron chi connectivity index (χ1n) is 6.31. The maximum Gasteiger partial charge on any atom is 0.408 e. The van der Waals surface area contributed by atoms with Crippen molar-refractivity contribution in [2.75, 3.05) is 5.75 Å². The summed E-state index contributed by atoms with van der Waals surface area (Å²) in [6.45, 7) is 6.79. The van der Waals surface area contributed by atoms with Crippen LogP contribution in [0.4, 0.5) is 4.79 Å². The molecule has 1 N–H and O–H groups in total. The quantitative estimate of drug-likeness (QED) is 0.814. The Kier molecular flexibility index (Phi) is 5.47. The van der Waals surface area contributed by atoms with Crippen molar-refractivity contribution in [1.82, 2.24) is 15.3 Å². The van der Waals surface area contributed by atoms with Gasteiger partial charge in [-0.25, -0.2) is 14.8 Å². The molecule has 0 spiro atoms. The Labute approximate surface area is 124 Å². The van der Waals surface area contributed by atoms with Crippen LogP contribution in [0.1, 0.15) is 33.5 Å². The van der Waals surface area contributed by atoms with Crippen molar-refractivity contribution in [2.45, 2.75) is 39.8 Å². The highest BCUT2D eigenvalue weighted by atomic mass is 32.2. The molecule has 0 aliphatic rings. The second kappa shape index (κ2) is 6.70. The van der Waals surface area contributed by atoms with Gasteiger partial charge in [0.1, 0.15) is 11.4 Å². The van der Waals surface area contributed by atoms with Gasteiger partial charge in [-0.1, -0.05) is 0 Å². The number of hydrogen-bond donors (Lipinski definition) is 1. The summed E-state index contributed by atoms with van der Waals surface area (Å²) in [6, 6.07) is 0. The smallest absolute Gasteiger partial charge is 0.408 e. The summed E-state index contributed by atoms with van der Waals surface area (Å²) in [5.41, 5.74) is -0.586. The van der Waals surface area contributed by atoms with E-state index in [2.05, 4.69) is 15.3 Å². The fourth-order valence-electron chi connectivity index (χ4n) is 1.15. The second-order valence-electron chi connectivity index (χ2n) is 5.12. The van der Waals surface area contributed by atoms with Crippen LogP contribution in [-0.2, 0) is 21.4 Å². The SMILES string of the molecule is CCS(=O)(=O)Oc1cnc(CNC(=O)OC(C)(C)C)nc1. The lowest BCUT2D eigenvalue weighted by molar-refractivity contribution is 0.0522. The van der Waals surface area contributed by atoms with Crippen LogP contribution in [0.15, 0.2) is 12.4 Å². The largest absolute Gasteiger partial charge is 0.444 e. The van der Waals surface area contributed by atoms with Crippen LogP contribution in [0.3, 0.4) is 0 Å². The Morgan fingerprint density at radius 3 is 2.33 bits per heavy atom. The van der Waals surface area contributed by atoms with Crippen LogP contribution < -0.4 is 9.50 Å². The zero-order valence-electron chi connectivity index (χ0n) is 12.4. The number of hydrogen-bond acceptors (Lipinski definition) is 7. The van der Waals surface area contributed by atoms with Crippen molar-refractivity contribution < 1.29 is 22.1 Å². The van der Waals surface area contributed by atoms with Gasteiger partial charge in [0.15, 0.2) is 5.75 Å². The van der Waals surface area contributed by atoms with E-state index < -0.39 is 21.8 Å². The van der Waals surface area contributed by atoms with Crippen LogP contribution in [-0.4, -0.2) is 35.8 Å². The maximum absolute atomic E-state index is 11.4. The number of aromatic nitrogens is 2. The summed E-state index contributed by atoms with van der Waals surface area (Å²) >= 11 is 0. The second-order valence-corrected chi connectivity index (χ2v) is 6.98. The van der Waals surface area contributed by atoms with Gasteiger partial charge in [0, 0.05) is 0 Å². The normalized spacial score (nSPS) is 11.8. The van der Waals surface area contributed by atoms with Crippen molar-refractivity contribution in [2.24, 2.45) is 0 Å². The number of carbonyl (C=O) groups is 1. The van der Waals surface area contributed by atoms with E-state index in [9.17, 15) is 13.2 Å². The van der Waals surface area contributed by atoms with E-state index in [1.807, 2.05) is 0 Å². The average Bonchev–Trinajstić information content (AvgIpc) is 2.35. The molecule has 0 aromatic carbocycles. The average molecular weight is 317 g/mol. The molecule has 118 valence electrons. The minimum absolute atomic E-state index is 0.0258. The Morgan fingerprint density at radius 2 is 1.86 bits per heavy atom. The van der Waals surface area contributed by atoms with Crippen LogP contribution >= 0.6 is 0 Å². The Bertz CT molecular complexity index is 578. The van der Waals surface area contributed by atoms with E-state index in [1.54, 1.807) is 20.8 Å². The van der Waals surface area contributed by atoms with Gasteiger partial charge in [0.25, 0.3) is 0 Å². The topological polar surface area (TPSA) is 107 Å². The van der Waals surface area contributed by atoms with Gasteiger partial charge in [-0.15, -0.1) is 0 Å². The number of amides is 1. The van der Waals surface area contributed by atoms with Crippen LogP contribution in [0, 0.1) is 0 Å². The lowest BCUT2D eigenvalue weighted by Gasteiger charge is -2.19. The lowest BCUT2D eigenvalue weighted by atomic mass is 10.2. The maximum atomic E-state index is 11.4. The van der Waals surface area contributed by atoms with Gasteiger partial charge >= 0.3 is 16.2 Å². The number of carbonyl (C=O) groups excluding carboxylic acids is 1. The molecule has 1 heterocycles. The molecule has 0 aliphatic carbocycles. The number of ether oxygens (including phenoxy) is 1. The van der Waals surface area contributed by atoms with Crippen molar-refractivity contribution in [3.63, 3.8) is 0 Å². The zero-order valence-corrected chi connectivity index (χ0v) is 13.2. The number of rotatable bonds is 5. The van der Waals surface area contributed by atoms with Crippen molar-refractivity contribution in [1.29, 1.82) is 0 Å². The lowest BCUT2D eigenvalue weighted by Crippen LogP contribution is -2.32. The minimum atomic E-state index is -3.60. The Hall–Kier alpha value is -1.90. The first-order valence-corrected chi connectivity index (χ1v) is 7.89. The molecule has 0 atom stereocenters. The van der Waals surface area contributed by atoms with Gasteiger partial charge in [0.05, 0.1) is 24.7 Å². The highest BCUT2D eigenvalue weighted by molar-refractivity contribution is 7.87. The summed E-state index contributed by atoms with van der Waals surface area (Å²) in [4.78, 5) is 19.2. The first kappa shape index (κ1) is 17.2. The molecule has 8 nitrogen and oxygen atoms in total. The van der Waals surface area contributed by atoms with Crippen molar-refractivity contribution in [3.05, 3.63) is 18.2 Å². The fourth-order valence-corrected chi connectivity index (χ4v) is 1.65. The minimum Gasteiger partial charge on any atom is -0.444 e. The monoisotopic (exact) mass is 317 g/mol. The predicted molar refractivity (Wildman–Crippen MR) is 75.2 cm³/mol. The van der Waals surface area contributed by atoms with Crippen molar-refractivity contribution in [3.8, 4) is 5.75 Å². The van der Waals surface area contributed by atoms with E-state index in [-0.39, 0.29) is 18.0 Å². The number of nitrogens with zero attached hydrogens (tertiary/aromatic N) is 2. The van der Waals surface area contributed by atoms with Gasteiger partial charge in [-0.2, -0.15) is 8.42 Å². The zero-order chi connectivity index (χ0) is 16.1. The van der Waals surface area contributed by atoms with Crippen LogP contribution in [0.5, 0.6) is 5.75 Å². The summed E-state index contributed by atoms with van der Waals surface area (Å²) in [5.74, 6) is 0.189. The molecule has 1 aromatic heterocycles. The van der Waals surface area contributed by atoms with E-state index in [4.69, 9.17) is 8.92 Å². The summed E-state index contributed by atoms with van der Waals surface area (Å²) in [7, 11) is -3.60. The van der Waals surface area contributed by atoms with Crippen LogP contribution in [0.25, 0.3) is 0 Å². The molecule has 0 saturated heterocycles. The molecule has 0 bridgehead atoms. The highest BCUT2D eigenvalue weighted by Crippen LogP contribution is 2.10. The Balaban J connectivity index is 2.54. The Morgan fingerprint density at radius 1 is 1.29 bits per heavy atom. The van der Waals surface area contributed by atoms with Crippen LogP contribution in [0.2, 0.25) is 0 Å². The van der Waals surface area contributed by atoms with E-state index in [0.717, 1.165) is 0 Å². The van der Waals surface area contributed by atoms with E-state index >= 15 is 0 Å². The standard InChI is InChI=1S/C12H19N3O5S/c1-5-21(17,18)20-9-6-13-10(14-7-9)8-15-11(16)19-12(2,3)4/h6-7H,5,8H2,1-4H3,(H,15,16). The highest BCUT2D eigenvalue weighted by Gasteiger charge is 2.16. The van der Waals surface area contributed by atoms with Gasteiger partial charge in [0.2, 0.25) is 0 Å². The third kappa shape index (κ3) is 6.89. The van der Waals surface area contributed by atoms with E-state index in [0.29, 0.717) is 5.82 Å². The summed E-state index contributed by atoms with van der Waals surface area (Å²) < 4.78 is 32.3. The molecule has 0 aliphatic heterocycles. The fraction of sp³-hybridized carbons (Fsp3) is 0.583. The molecular formula is C12H19N3O5S. The molecule has 1 aromatic rings. The summed E-state index contributed by atoms with van der Waals surface area (Å²) in [5, 5.41) is 2.49. The molecule has 0 unspecified atom stereocenters. The van der Waals surface area contributed by atoms with E-state index in [1.165, 1.54) is 19.3 Å². The van der Waals surface area contributed by atoms with Gasteiger partial charge in [-0.3, -0.25) is 0 Å². The van der Waals surface area contributed by atoms with Crippen molar-refractivity contribution >= 4 is 16.2 Å². The molecule has 0 saturated carbocycles. The molecule has 9 heteroatoms.